The predicted molar refractivity (Wildman–Crippen MR) is 139 cm³/mol. The Hall–Kier alpha value is -2.03. The highest BCUT2D eigenvalue weighted by Gasteiger charge is 2.48. The zero-order valence-electron chi connectivity index (χ0n) is 22.9. The predicted octanol–water partition coefficient (Wildman–Crippen LogP) is 10.1. The number of halogens is 7. The maximum atomic E-state index is 15.0. The van der Waals surface area contributed by atoms with E-state index in [4.69, 9.17) is 4.74 Å². The van der Waals surface area contributed by atoms with Gasteiger partial charge in [-0.3, -0.25) is 0 Å². The molecule has 3 aliphatic carbocycles. The summed E-state index contributed by atoms with van der Waals surface area (Å²) in [7, 11) is 0. The molecule has 40 heavy (non-hydrogen) atoms. The van der Waals surface area contributed by atoms with Crippen LogP contribution >= 0.6 is 0 Å². The fraction of sp³-hybridized carbons (Fsp3) is 0.677. The minimum atomic E-state index is -3.80. The first kappa shape index (κ1) is 30.9. The van der Waals surface area contributed by atoms with Gasteiger partial charge in [-0.15, -0.1) is 0 Å². The fourth-order valence-corrected chi connectivity index (χ4v) is 6.30. The molecule has 2 saturated carbocycles. The van der Waals surface area contributed by atoms with Crippen LogP contribution in [0.15, 0.2) is 35.9 Å². The Balaban J connectivity index is 1.21. The van der Waals surface area contributed by atoms with Gasteiger partial charge in [0, 0.05) is 12.1 Å². The van der Waals surface area contributed by atoms with Crippen molar-refractivity contribution in [2.75, 3.05) is 0 Å². The van der Waals surface area contributed by atoms with Crippen LogP contribution in [0.1, 0.15) is 90.4 Å². The normalized spacial score (nSPS) is 28.5. The Bertz CT molecular complexity index is 1020. The SMILES string of the molecule is CCCC1CC=C(/C=C/C2CCC(C(F)(F)OC3CCC(C(F)(F)Oc4cc(F)c(F)c(F)c4)CC3)CC2)CC1. The van der Waals surface area contributed by atoms with Crippen molar-refractivity contribution < 1.29 is 40.2 Å². The van der Waals surface area contributed by atoms with Crippen LogP contribution in [0.2, 0.25) is 0 Å². The molecule has 1 atom stereocenters. The van der Waals surface area contributed by atoms with Gasteiger partial charge in [-0.1, -0.05) is 43.6 Å². The minimum absolute atomic E-state index is 0.0162. The highest BCUT2D eigenvalue weighted by atomic mass is 19.3. The fourth-order valence-electron chi connectivity index (χ4n) is 6.30. The zero-order chi connectivity index (χ0) is 28.9. The van der Waals surface area contributed by atoms with Gasteiger partial charge >= 0.3 is 12.2 Å². The molecule has 0 aromatic heterocycles. The maximum absolute atomic E-state index is 15.0. The summed E-state index contributed by atoms with van der Waals surface area (Å²) in [6.07, 6.45) is 6.15. The van der Waals surface area contributed by atoms with E-state index in [1.54, 1.807) is 0 Å². The largest absolute Gasteiger partial charge is 0.432 e. The monoisotopic (exact) mass is 576 g/mol. The van der Waals surface area contributed by atoms with Crippen LogP contribution < -0.4 is 4.74 Å². The Kier molecular flexibility index (Phi) is 10.3. The van der Waals surface area contributed by atoms with E-state index in [9.17, 15) is 22.0 Å². The van der Waals surface area contributed by atoms with Crippen molar-refractivity contribution in [2.24, 2.45) is 23.7 Å². The molecule has 0 saturated heterocycles. The first-order valence-electron chi connectivity index (χ1n) is 14.6. The number of benzene rings is 1. The lowest BCUT2D eigenvalue weighted by Gasteiger charge is -2.37. The second-order valence-corrected chi connectivity index (χ2v) is 11.7. The molecule has 0 aliphatic heterocycles. The molecule has 0 N–H and O–H groups in total. The van der Waals surface area contributed by atoms with E-state index < -0.39 is 53.4 Å². The van der Waals surface area contributed by atoms with Crippen LogP contribution in [0.3, 0.4) is 0 Å². The summed E-state index contributed by atoms with van der Waals surface area (Å²) in [5, 5.41) is 0. The van der Waals surface area contributed by atoms with Crippen molar-refractivity contribution in [3.05, 3.63) is 53.4 Å². The van der Waals surface area contributed by atoms with Crippen molar-refractivity contribution >= 4 is 0 Å². The first-order chi connectivity index (χ1) is 19.0. The van der Waals surface area contributed by atoms with Crippen LogP contribution in [0.4, 0.5) is 30.7 Å². The zero-order valence-corrected chi connectivity index (χ0v) is 22.9. The van der Waals surface area contributed by atoms with Gasteiger partial charge in [-0.25, -0.2) is 13.2 Å². The Morgan fingerprint density at radius 3 is 2.00 bits per heavy atom. The van der Waals surface area contributed by atoms with Crippen molar-refractivity contribution in [1.29, 1.82) is 0 Å². The van der Waals surface area contributed by atoms with Crippen LogP contribution in [-0.2, 0) is 4.74 Å². The molecule has 0 amide bonds. The lowest BCUT2D eigenvalue weighted by Crippen LogP contribution is -2.42. The molecule has 0 spiro atoms. The molecule has 4 rings (SSSR count). The van der Waals surface area contributed by atoms with Crippen molar-refractivity contribution in [3.8, 4) is 5.75 Å². The van der Waals surface area contributed by atoms with Gasteiger partial charge in [-0.2, -0.15) is 17.6 Å². The number of hydrogen-bond acceptors (Lipinski definition) is 2. The van der Waals surface area contributed by atoms with E-state index in [1.807, 2.05) is 0 Å². The van der Waals surface area contributed by atoms with E-state index >= 15 is 8.78 Å². The number of ether oxygens (including phenoxy) is 2. The van der Waals surface area contributed by atoms with E-state index in [0.29, 0.717) is 37.8 Å². The molecule has 2 nitrogen and oxygen atoms in total. The quantitative estimate of drug-likeness (QED) is 0.204. The molecule has 2 fully saturated rings. The second kappa shape index (κ2) is 13.3. The number of rotatable bonds is 10. The molecule has 1 aromatic rings. The van der Waals surface area contributed by atoms with Gasteiger partial charge in [0.15, 0.2) is 17.5 Å². The van der Waals surface area contributed by atoms with Crippen molar-refractivity contribution in [2.45, 2.75) is 109 Å². The Morgan fingerprint density at radius 2 is 1.43 bits per heavy atom. The third-order valence-electron chi connectivity index (χ3n) is 8.77. The highest BCUT2D eigenvalue weighted by molar-refractivity contribution is 5.25. The Morgan fingerprint density at radius 1 is 0.825 bits per heavy atom. The molecule has 0 bridgehead atoms. The molecule has 0 heterocycles. The molecule has 1 unspecified atom stereocenters. The topological polar surface area (TPSA) is 18.5 Å². The summed E-state index contributed by atoms with van der Waals surface area (Å²) in [5.74, 6) is -7.12. The van der Waals surface area contributed by atoms with Gasteiger partial charge in [0.05, 0.1) is 17.9 Å². The molecule has 1 aromatic carbocycles. The molecule has 9 heteroatoms. The Labute approximate surface area is 232 Å². The van der Waals surface area contributed by atoms with E-state index in [-0.39, 0.29) is 31.6 Å². The van der Waals surface area contributed by atoms with Crippen molar-refractivity contribution in [1.82, 2.24) is 0 Å². The van der Waals surface area contributed by atoms with E-state index in [2.05, 4.69) is 29.9 Å². The number of hydrogen-bond donors (Lipinski definition) is 0. The molecule has 3 aliphatic rings. The average Bonchev–Trinajstić information content (AvgIpc) is 2.91. The van der Waals surface area contributed by atoms with Gasteiger partial charge in [0.2, 0.25) is 0 Å². The minimum Gasteiger partial charge on any atom is -0.432 e. The highest BCUT2D eigenvalue weighted by Crippen LogP contribution is 2.44. The maximum Gasteiger partial charge on any atom is 0.400 e. The molecular weight excluding hydrogens is 537 g/mol. The van der Waals surface area contributed by atoms with Gasteiger partial charge in [0.25, 0.3) is 0 Å². The standard InChI is InChI=1S/C31H39F7O2/c1-2-3-20-4-6-21(7-5-20)8-9-22-10-12-23(13-11-22)30(35,36)39-25-16-14-24(15-17-25)31(37,38)40-26-18-27(32)29(34)28(33)19-26/h6,8-9,18-20,22-25H,2-5,7,10-17H2,1H3/b9-8+. The van der Waals surface area contributed by atoms with Crippen LogP contribution in [0, 0.1) is 41.1 Å². The summed E-state index contributed by atoms with van der Waals surface area (Å²) in [6.45, 7) is 2.21. The van der Waals surface area contributed by atoms with Crippen LogP contribution in [-0.4, -0.2) is 18.3 Å². The summed E-state index contributed by atoms with van der Waals surface area (Å²) < 4.78 is 109. The van der Waals surface area contributed by atoms with E-state index in [1.165, 1.54) is 24.8 Å². The summed E-state index contributed by atoms with van der Waals surface area (Å²) in [5.41, 5.74) is 1.34. The van der Waals surface area contributed by atoms with Crippen molar-refractivity contribution in [3.63, 3.8) is 0 Å². The average molecular weight is 577 g/mol. The van der Waals surface area contributed by atoms with E-state index in [0.717, 1.165) is 18.8 Å². The van der Waals surface area contributed by atoms with Gasteiger partial charge in [0.1, 0.15) is 5.75 Å². The van der Waals surface area contributed by atoms with Gasteiger partial charge in [-0.05, 0) is 82.5 Å². The summed E-state index contributed by atoms with van der Waals surface area (Å²) in [4.78, 5) is 0. The third-order valence-corrected chi connectivity index (χ3v) is 8.77. The summed E-state index contributed by atoms with van der Waals surface area (Å²) >= 11 is 0. The van der Waals surface area contributed by atoms with Crippen LogP contribution in [0.5, 0.6) is 5.75 Å². The third kappa shape index (κ3) is 8.04. The van der Waals surface area contributed by atoms with Crippen LogP contribution in [0.25, 0.3) is 0 Å². The molecular formula is C31H39F7O2. The lowest BCUT2D eigenvalue weighted by atomic mass is 9.80. The molecule has 224 valence electrons. The summed E-state index contributed by atoms with van der Waals surface area (Å²) in [6, 6.07) is 0.698. The lowest BCUT2D eigenvalue weighted by molar-refractivity contribution is -0.305. The number of allylic oxidation sites excluding steroid dienone is 4. The number of alkyl halides is 4. The first-order valence-corrected chi connectivity index (χ1v) is 14.6. The molecule has 0 radical (unpaired) electrons. The second-order valence-electron chi connectivity index (χ2n) is 11.7. The van der Waals surface area contributed by atoms with Gasteiger partial charge < -0.3 is 9.47 Å². The smallest absolute Gasteiger partial charge is 0.400 e.